The number of carbonyl (C=O) groups excluding carboxylic acids is 1. The molecule has 1 heterocycles. The molecule has 5 nitrogen and oxygen atoms in total. The third-order valence-corrected chi connectivity index (χ3v) is 2.69. The average molecular weight is 228 g/mol. The first-order valence-corrected chi connectivity index (χ1v) is 5.46. The molecule has 1 amide bonds. The van der Waals surface area contributed by atoms with Crippen molar-refractivity contribution in [2.24, 2.45) is 0 Å². The van der Waals surface area contributed by atoms with Crippen LogP contribution in [0.5, 0.6) is 0 Å². The maximum absolute atomic E-state index is 11.4. The number of nitrogens with one attached hydrogen (secondary N) is 2. The van der Waals surface area contributed by atoms with E-state index in [9.17, 15) is 4.79 Å². The highest BCUT2D eigenvalue weighted by atomic mass is 16.5. The largest absolute Gasteiger partial charge is 0.445 e. The standard InChI is InChI=1S/C11H20N2O3/c1-4-8(2)7-16-11(14)13-9-5-12-6-10(9)15-3/h4,9-10,12H,5-7H2,1-3H3,(H,13,14)/b8-4+. The minimum Gasteiger partial charge on any atom is -0.445 e. The van der Waals surface area contributed by atoms with Crippen molar-refractivity contribution in [2.75, 3.05) is 26.8 Å². The third kappa shape index (κ3) is 3.83. The molecule has 92 valence electrons. The predicted octanol–water partition coefficient (Wildman–Crippen LogP) is 0.666. The highest BCUT2D eigenvalue weighted by Gasteiger charge is 2.28. The molecule has 0 radical (unpaired) electrons. The van der Waals surface area contributed by atoms with Crippen molar-refractivity contribution in [2.45, 2.75) is 26.0 Å². The summed E-state index contributed by atoms with van der Waals surface area (Å²) in [5, 5.41) is 5.93. The van der Waals surface area contributed by atoms with Gasteiger partial charge in [0.15, 0.2) is 0 Å². The van der Waals surface area contributed by atoms with E-state index in [1.165, 1.54) is 0 Å². The van der Waals surface area contributed by atoms with Crippen molar-refractivity contribution in [1.29, 1.82) is 0 Å². The van der Waals surface area contributed by atoms with Gasteiger partial charge in [0, 0.05) is 20.2 Å². The number of ether oxygens (including phenoxy) is 2. The van der Waals surface area contributed by atoms with Crippen LogP contribution in [-0.2, 0) is 9.47 Å². The van der Waals surface area contributed by atoms with Crippen LogP contribution in [0.3, 0.4) is 0 Å². The summed E-state index contributed by atoms with van der Waals surface area (Å²) in [5.74, 6) is 0. The van der Waals surface area contributed by atoms with E-state index in [1.807, 2.05) is 19.9 Å². The van der Waals surface area contributed by atoms with E-state index in [1.54, 1.807) is 7.11 Å². The molecule has 1 fully saturated rings. The Morgan fingerprint density at radius 2 is 2.31 bits per heavy atom. The van der Waals surface area contributed by atoms with Gasteiger partial charge in [-0.2, -0.15) is 0 Å². The van der Waals surface area contributed by atoms with E-state index in [-0.39, 0.29) is 12.1 Å². The highest BCUT2D eigenvalue weighted by molar-refractivity contribution is 5.68. The number of alkyl carbamates (subject to hydrolysis) is 1. The van der Waals surface area contributed by atoms with Crippen molar-refractivity contribution < 1.29 is 14.3 Å². The first kappa shape index (κ1) is 13.0. The van der Waals surface area contributed by atoms with Gasteiger partial charge in [0.2, 0.25) is 0 Å². The molecule has 0 aromatic heterocycles. The molecule has 16 heavy (non-hydrogen) atoms. The van der Waals surface area contributed by atoms with Crippen molar-refractivity contribution >= 4 is 6.09 Å². The molecule has 5 heteroatoms. The Bertz CT molecular complexity index is 266. The van der Waals surface area contributed by atoms with Crippen molar-refractivity contribution in [3.8, 4) is 0 Å². The Hall–Kier alpha value is -1.07. The molecule has 2 N–H and O–H groups in total. The fourth-order valence-corrected chi connectivity index (χ4v) is 1.50. The Balaban J connectivity index is 2.28. The summed E-state index contributed by atoms with van der Waals surface area (Å²) in [5.41, 5.74) is 1.03. The van der Waals surface area contributed by atoms with Crippen LogP contribution in [0.1, 0.15) is 13.8 Å². The lowest BCUT2D eigenvalue weighted by Gasteiger charge is -2.18. The molecular formula is C11H20N2O3. The average Bonchev–Trinajstić information content (AvgIpc) is 2.73. The predicted molar refractivity (Wildman–Crippen MR) is 61.4 cm³/mol. The highest BCUT2D eigenvalue weighted by Crippen LogP contribution is 2.04. The second kappa shape index (κ2) is 6.50. The summed E-state index contributed by atoms with van der Waals surface area (Å²) >= 11 is 0. The van der Waals surface area contributed by atoms with Gasteiger partial charge in [-0.3, -0.25) is 0 Å². The number of amides is 1. The zero-order valence-electron chi connectivity index (χ0n) is 10.1. The van der Waals surface area contributed by atoms with Crippen molar-refractivity contribution in [3.05, 3.63) is 11.6 Å². The zero-order valence-corrected chi connectivity index (χ0v) is 10.1. The first-order chi connectivity index (χ1) is 7.67. The Kier molecular flexibility index (Phi) is 5.28. The van der Waals surface area contributed by atoms with E-state index < -0.39 is 6.09 Å². The fraction of sp³-hybridized carbons (Fsp3) is 0.727. The van der Waals surface area contributed by atoms with E-state index in [2.05, 4.69) is 10.6 Å². The molecule has 1 aliphatic heterocycles. The smallest absolute Gasteiger partial charge is 0.407 e. The monoisotopic (exact) mass is 228 g/mol. The van der Waals surface area contributed by atoms with Gasteiger partial charge >= 0.3 is 6.09 Å². The van der Waals surface area contributed by atoms with E-state index >= 15 is 0 Å². The summed E-state index contributed by atoms with van der Waals surface area (Å²) in [6.45, 7) is 5.65. The van der Waals surface area contributed by atoms with Crippen LogP contribution >= 0.6 is 0 Å². The molecule has 0 saturated carbocycles. The normalized spacial score (nSPS) is 25.6. The third-order valence-electron chi connectivity index (χ3n) is 2.69. The maximum Gasteiger partial charge on any atom is 0.407 e. The van der Waals surface area contributed by atoms with Gasteiger partial charge in [0.1, 0.15) is 6.61 Å². The first-order valence-electron chi connectivity index (χ1n) is 5.46. The number of methoxy groups -OCH3 is 1. The summed E-state index contributed by atoms with van der Waals surface area (Å²) in [7, 11) is 1.64. The molecular weight excluding hydrogens is 208 g/mol. The van der Waals surface area contributed by atoms with Gasteiger partial charge in [-0.25, -0.2) is 4.79 Å². The van der Waals surface area contributed by atoms with Gasteiger partial charge in [-0.15, -0.1) is 0 Å². The fourth-order valence-electron chi connectivity index (χ4n) is 1.50. The Morgan fingerprint density at radius 1 is 1.56 bits per heavy atom. The second-order valence-corrected chi connectivity index (χ2v) is 3.89. The van der Waals surface area contributed by atoms with Gasteiger partial charge in [0.25, 0.3) is 0 Å². The number of rotatable bonds is 4. The van der Waals surface area contributed by atoms with Crippen LogP contribution in [-0.4, -0.2) is 45.0 Å². The Morgan fingerprint density at radius 3 is 2.94 bits per heavy atom. The Labute approximate surface area is 96.2 Å². The zero-order chi connectivity index (χ0) is 12.0. The molecule has 0 aromatic rings. The number of hydrogen-bond donors (Lipinski definition) is 2. The van der Waals surface area contributed by atoms with Crippen LogP contribution in [0.25, 0.3) is 0 Å². The lowest BCUT2D eigenvalue weighted by molar-refractivity contribution is 0.0893. The van der Waals surface area contributed by atoms with E-state index in [0.29, 0.717) is 6.61 Å². The van der Waals surface area contributed by atoms with Crippen LogP contribution in [0.2, 0.25) is 0 Å². The van der Waals surface area contributed by atoms with Gasteiger partial charge < -0.3 is 20.1 Å². The number of allylic oxidation sites excluding steroid dienone is 1. The van der Waals surface area contributed by atoms with Crippen LogP contribution in [0, 0.1) is 0 Å². The van der Waals surface area contributed by atoms with Crippen LogP contribution in [0.4, 0.5) is 4.79 Å². The topological polar surface area (TPSA) is 59.6 Å². The second-order valence-electron chi connectivity index (χ2n) is 3.89. The molecule has 0 bridgehead atoms. The molecule has 1 saturated heterocycles. The molecule has 0 spiro atoms. The van der Waals surface area contributed by atoms with Crippen molar-refractivity contribution in [3.63, 3.8) is 0 Å². The summed E-state index contributed by atoms with van der Waals surface area (Å²) < 4.78 is 10.3. The molecule has 2 unspecified atom stereocenters. The molecule has 2 atom stereocenters. The van der Waals surface area contributed by atoms with Gasteiger partial charge in [-0.1, -0.05) is 6.08 Å². The summed E-state index contributed by atoms with van der Waals surface area (Å²) in [6, 6.07) is -0.0107. The van der Waals surface area contributed by atoms with Crippen molar-refractivity contribution in [1.82, 2.24) is 10.6 Å². The lowest BCUT2D eigenvalue weighted by atomic mass is 10.2. The SMILES string of the molecule is C/C=C(\C)COC(=O)NC1CNCC1OC. The molecule has 1 aliphatic rings. The van der Waals surface area contributed by atoms with Gasteiger partial charge in [0.05, 0.1) is 12.1 Å². The summed E-state index contributed by atoms with van der Waals surface area (Å²) in [6.07, 6.45) is 1.55. The van der Waals surface area contributed by atoms with Gasteiger partial charge in [-0.05, 0) is 19.4 Å². The summed E-state index contributed by atoms with van der Waals surface area (Å²) in [4.78, 5) is 11.4. The van der Waals surface area contributed by atoms with E-state index in [0.717, 1.165) is 18.7 Å². The lowest BCUT2D eigenvalue weighted by Crippen LogP contribution is -2.43. The maximum atomic E-state index is 11.4. The quantitative estimate of drug-likeness (QED) is 0.694. The minimum atomic E-state index is -0.392. The van der Waals surface area contributed by atoms with Crippen LogP contribution < -0.4 is 10.6 Å². The molecule has 0 aliphatic carbocycles. The van der Waals surface area contributed by atoms with E-state index in [4.69, 9.17) is 9.47 Å². The number of carbonyl (C=O) groups is 1. The molecule has 0 aromatic carbocycles. The minimum absolute atomic E-state index is 0.0107. The molecule has 1 rings (SSSR count). The number of hydrogen-bond acceptors (Lipinski definition) is 4. The van der Waals surface area contributed by atoms with Crippen LogP contribution in [0.15, 0.2) is 11.6 Å².